The molecule has 0 aliphatic heterocycles. The number of benzene rings is 3. The Morgan fingerprint density at radius 3 is 2.36 bits per heavy atom. The SMILES string of the molecule is O=C(CNc1c(Cl)cccc1Cl)Nc1ccc(-c2nc3ccccc3s2)cc1. The van der Waals surface area contributed by atoms with Gasteiger partial charge in [0.15, 0.2) is 0 Å². The average molecular weight is 428 g/mol. The summed E-state index contributed by atoms with van der Waals surface area (Å²) in [6, 6.07) is 20.9. The molecule has 0 atom stereocenters. The average Bonchev–Trinajstić information content (AvgIpc) is 3.12. The molecule has 1 amide bonds. The Balaban J connectivity index is 1.40. The van der Waals surface area contributed by atoms with E-state index in [0.29, 0.717) is 21.4 Å². The quantitative estimate of drug-likeness (QED) is 0.391. The second-order valence-corrected chi connectivity index (χ2v) is 7.91. The summed E-state index contributed by atoms with van der Waals surface area (Å²) >= 11 is 13.8. The highest BCUT2D eigenvalue weighted by molar-refractivity contribution is 7.21. The molecule has 4 nitrogen and oxygen atoms in total. The Kier molecular flexibility index (Phi) is 5.48. The molecule has 0 fully saturated rings. The minimum atomic E-state index is -0.191. The molecule has 1 heterocycles. The van der Waals surface area contributed by atoms with Crippen LogP contribution >= 0.6 is 34.5 Å². The van der Waals surface area contributed by atoms with Gasteiger partial charge in [-0.1, -0.05) is 41.4 Å². The van der Waals surface area contributed by atoms with Crippen LogP contribution in [0.1, 0.15) is 0 Å². The topological polar surface area (TPSA) is 54.0 Å². The first-order chi connectivity index (χ1) is 13.6. The van der Waals surface area contributed by atoms with E-state index < -0.39 is 0 Å². The maximum absolute atomic E-state index is 12.2. The molecule has 0 aliphatic carbocycles. The highest BCUT2D eigenvalue weighted by atomic mass is 35.5. The number of nitrogens with one attached hydrogen (secondary N) is 2. The minimum absolute atomic E-state index is 0.0586. The van der Waals surface area contributed by atoms with Crippen molar-refractivity contribution in [3.63, 3.8) is 0 Å². The van der Waals surface area contributed by atoms with E-state index >= 15 is 0 Å². The molecule has 0 unspecified atom stereocenters. The van der Waals surface area contributed by atoms with E-state index in [9.17, 15) is 4.79 Å². The molecule has 0 aliphatic rings. The molecule has 0 spiro atoms. The van der Waals surface area contributed by atoms with Crippen molar-refractivity contribution in [2.45, 2.75) is 0 Å². The zero-order valence-corrected chi connectivity index (χ0v) is 16.9. The lowest BCUT2D eigenvalue weighted by Crippen LogP contribution is -2.21. The lowest BCUT2D eigenvalue weighted by Gasteiger charge is -2.10. The molecular weight excluding hydrogens is 413 g/mol. The molecule has 0 saturated carbocycles. The van der Waals surface area contributed by atoms with E-state index in [1.54, 1.807) is 29.5 Å². The summed E-state index contributed by atoms with van der Waals surface area (Å²) in [5.41, 5.74) is 3.26. The lowest BCUT2D eigenvalue weighted by atomic mass is 10.2. The van der Waals surface area contributed by atoms with E-state index in [1.165, 1.54) is 0 Å². The fraction of sp³-hybridized carbons (Fsp3) is 0.0476. The minimum Gasteiger partial charge on any atom is -0.374 e. The van der Waals surface area contributed by atoms with Crippen molar-refractivity contribution >= 4 is 62.0 Å². The third-order valence-electron chi connectivity index (χ3n) is 4.10. The number of fused-ring (bicyclic) bond motifs is 1. The molecule has 4 rings (SSSR count). The van der Waals surface area contributed by atoms with Gasteiger partial charge in [-0.3, -0.25) is 4.79 Å². The zero-order chi connectivity index (χ0) is 19.5. The van der Waals surface area contributed by atoms with Crippen LogP contribution in [0.15, 0.2) is 66.7 Å². The van der Waals surface area contributed by atoms with Gasteiger partial charge in [0, 0.05) is 11.3 Å². The first-order valence-electron chi connectivity index (χ1n) is 8.54. The summed E-state index contributed by atoms with van der Waals surface area (Å²) < 4.78 is 1.15. The van der Waals surface area contributed by atoms with E-state index in [-0.39, 0.29) is 12.5 Å². The Morgan fingerprint density at radius 1 is 0.929 bits per heavy atom. The molecule has 0 bridgehead atoms. The lowest BCUT2D eigenvalue weighted by molar-refractivity contribution is -0.114. The van der Waals surface area contributed by atoms with Crippen molar-refractivity contribution in [2.75, 3.05) is 17.2 Å². The zero-order valence-electron chi connectivity index (χ0n) is 14.6. The number of hydrogen-bond acceptors (Lipinski definition) is 4. The number of amides is 1. The van der Waals surface area contributed by atoms with Gasteiger partial charge < -0.3 is 10.6 Å². The van der Waals surface area contributed by atoms with Crippen molar-refractivity contribution in [3.8, 4) is 10.6 Å². The van der Waals surface area contributed by atoms with Gasteiger partial charge in [0.25, 0.3) is 0 Å². The molecule has 0 saturated heterocycles. The summed E-state index contributed by atoms with van der Waals surface area (Å²) in [6.45, 7) is 0.0586. The normalized spacial score (nSPS) is 10.8. The van der Waals surface area contributed by atoms with Gasteiger partial charge in [-0.25, -0.2) is 4.98 Å². The van der Waals surface area contributed by atoms with E-state index in [4.69, 9.17) is 23.2 Å². The number of para-hydroxylation sites is 2. The largest absolute Gasteiger partial charge is 0.374 e. The van der Waals surface area contributed by atoms with Crippen LogP contribution in [-0.4, -0.2) is 17.4 Å². The number of rotatable bonds is 5. The van der Waals surface area contributed by atoms with Crippen molar-refractivity contribution in [3.05, 3.63) is 76.8 Å². The van der Waals surface area contributed by atoms with Gasteiger partial charge in [-0.05, 0) is 48.5 Å². The highest BCUT2D eigenvalue weighted by Gasteiger charge is 2.09. The number of thiazole rings is 1. The van der Waals surface area contributed by atoms with Gasteiger partial charge >= 0.3 is 0 Å². The monoisotopic (exact) mass is 427 g/mol. The number of halogens is 2. The van der Waals surface area contributed by atoms with Gasteiger partial charge in [-0.2, -0.15) is 0 Å². The molecule has 4 aromatic rings. The van der Waals surface area contributed by atoms with E-state index in [1.807, 2.05) is 42.5 Å². The Morgan fingerprint density at radius 2 is 1.64 bits per heavy atom. The Hall–Kier alpha value is -2.60. The second-order valence-electron chi connectivity index (χ2n) is 6.06. The first kappa shape index (κ1) is 18.7. The molecule has 1 aromatic heterocycles. The smallest absolute Gasteiger partial charge is 0.243 e. The number of carbonyl (C=O) groups excluding carboxylic acids is 1. The summed E-state index contributed by atoms with van der Waals surface area (Å²) in [6.07, 6.45) is 0. The number of aromatic nitrogens is 1. The second kappa shape index (κ2) is 8.19. The number of anilines is 2. The summed E-state index contributed by atoms with van der Waals surface area (Å²) in [7, 11) is 0. The third kappa shape index (κ3) is 4.12. The molecule has 140 valence electrons. The number of carbonyl (C=O) groups is 1. The van der Waals surface area contributed by atoms with Crippen LogP contribution in [0.2, 0.25) is 10.0 Å². The van der Waals surface area contributed by atoms with Gasteiger partial charge in [0.05, 0.1) is 32.5 Å². The number of nitrogens with zero attached hydrogens (tertiary/aromatic N) is 1. The van der Waals surface area contributed by atoms with Gasteiger partial charge in [0.1, 0.15) is 5.01 Å². The van der Waals surface area contributed by atoms with Crippen LogP contribution in [0.4, 0.5) is 11.4 Å². The highest BCUT2D eigenvalue weighted by Crippen LogP contribution is 2.31. The fourth-order valence-corrected chi connectivity index (χ4v) is 4.23. The molecule has 28 heavy (non-hydrogen) atoms. The molecule has 0 radical (unpaired) electrons. The number of hydrogen-bond donors (Lipinski definition) is 2. The van der Waals surface area contributed by atoms with Crippen molar-refractivity contribution < 1.29 is 4.79 Å². The fourth-order valence-electron chi connectivity index (χ4n) is 2.73. The summed E-state index contributed by atoms with van der Waals surface area (Å²) in [5, 5.41) is 7.72. The van der Waals surface area contributed by atoms with Crippen LogP contribution in [0.25, 0.3) is 20.8 Å². The van der Waals surface area contributed by atoms with Crippen LogP contribution in [0.3, 0.4) is 0 Å². The van der Waals surface area contributed by atoms with E-state index in [0.717, 1.165) is 20.8 Å². The van der Waals surface area contributed by atoms with Crippen molar-refractivity contribution in [2.24, 2.45) is 0 Å². The predicted molar refractivity (Wildman–Crippen MR) is 119 cm³/mol. The van der Waals surface area contributed by atoms with Crippen molar-refractivity contribution in [1.82, 2.24) is 4.98 Å². The maximum Gasteiger partial charge on any atom is 0.243 e. The van der Waals surface area contributed by atoms with Gasteiger partial charge in [0.2, 0.25) is 5.91 Å². The van der Waals surface area contributed by atoms with Crippen molar-refractivity contribution in [1.29, 1.82) is 0 Å². The third-order valence-corrected chi connectivity index (χ3v) is 5.81. The molecular formula is C21H15Cl2N3OS. The Labute approximate surface area is 176 Å². The van der Waals surface area contributed by atoms with Crippen LogP contribution < -0.4 is 10.6 Å². The van der Waals surface area contributed by atoms with Crippen LogP contribution in [0, 0.1) is 0 Å². The standard InChI is InChI=1S/C21H15Cl2N3OS/c22-15-4-3-5-16(23)20(15)24-12-19(27)25-14-10-8-13(9-11-14)21-26-17-6-1-2-7-18(17)28-21/h1-11,24H,12H2,(H,25,27). The summed E-state index contributed by atoms with van der Waals surface area (Å²) in [4.78, 5) is 16.9. The van der Waals surface area contributed by atoms with Crippen LogP contribution in [0.5, 0.6) is 0 Å². The Bertz CT molecular complexity index is 1090. The molecule has 3 aromatic carbocycles. The molecule has 7 heteroatoms. The van der Waals surface area contributed by atoms with Crippen LogP contribution in [-0.2, 0) is 4.79 Å². The predicted octanol–water partition coefficient (Wildman–Crippen LogP) is 6.32. The van der Waals surface area contributed by atoms with Gasteiger partial charge in [-0.15, -0.1) is 11.3 Å². The summed E-state index contributed by atoms with van der Waals surface area (Å²) in [5.74, 6) is -0.191. The maximum atomic E-state index is 12.2. The van der Waals surface area contributed by atoms with E-state index in [2.05, 4.69) is 21.7 Å². The first-order valence-corrected chi connectivity index (χ1v) is 10.1. The molecule has 2 N–H and O–H groups in total.